The van der Waals surface area contributed by atoms with Gasteiger partial charge in [0.25, 0.3) is 11.8 Å². The van der Waals surface area contributed by atoms with E-state index in [1.54, 1.807) is 0 Å². The van der Waals surface area contributed by atoms with Crippen LogP contribution in [0.15, 0.2) is 30.5 Å². The average Bonchev–Trinajstić information content (AvgIpc) is 3.28. The number of carbonyl (C=O) groups is 3. The average molecular weight is 515 g/mol. The molecule has 0 saturated heterocycles. The van der Waals surface area contributed by atoms with Crippen molar-refractivity contribution in [2.45, 2.75) is 45.1 Å². The zero-order valence-corrected chi connectivity index (χ0v) is 19.7. The summed E-state index contributed by atoms with van der Waals surface area (Å²) in [4.78, 5) is 41.5. The Balaban J connectivity index is 1.32. The molecule has 2 heterocycles. The second-order valence-electron chi connectivity index (χ2n) is 9.95. The Morgan fingerprint density at radius 3 is 2.27 bits per heavy atom. The van der Waals surface area contributed by atoms with E-state index in [0.717, 1.165) is 22.8 Å². The molecular weight excluding hydrogens is 491 g/mol. The molecule has 0 spiro atoms. The molecule has 194 valence electrons. The Bertz CT molecular complexity index is 1400. The first kappa shape index (κ1) is 24.7. The van der Waals surface area contributed by atoms with E-state index in [2.05, 4.69) is 20.7 Å². The van der Waals surface area contributed by atoms with Crippen molar-refractivity contribution < 1.29 is 32.7 Å². The van der Waals surface area contributed by atoms with Crippen molar-refractivity contribution in [3.05, 3.63) is 64.9 Å². The fraction of sp³-hybridized carbons (Fsp3) is 0.400. The Kier molecular flexibility index (Phi) is 6.12. The number of nitrogens with zero attached hydrogens (tertiary/aromatic N) is 3. The van der Waals surface area contributed by atoms with Crippen molar-refractivity contribution in [1.29, 1.82) is 0 Å². The van der Waals surface area contributed by atoms with Gasteiger partial charge < -0.3 is 15.7 Å². The van der Waals surface area contributed by atoms with E-state index in [4.69, 9.17) is 0 Å². The molecule has 1 aromatic carbocycles. The maximum Gasteiger partial charge on any atom is 0.309 e. The Morgan fingerprint density at radius 2 is 1.62 bits per heavy atom. The number of aliphatic carboxylic acids is 1. The van der Waals surface area contributed by atoms with Crippen LogP contribution in [0.25, 0.3) is 5.65 Å². The molecule has 3 aliphatic carbocycles. The van der Waals surface area contributed by atoms with E-state index >= 15 is 0 Å². The van der Waals surface area contributed by atoms with Crippen molar-refractivity contribution in [1.82, 2.24) is 25.2 Å². The zero-order valence-electron chi connectivity index (χ0n) is 19.7. The number of aromatic nitrogens is 3. The van der Waals surface area contributed by atoms with Gasteiger partial charge in [0.05, 0.1) is 11.6 Å². The number of carbonyl (C=O) groups excluding carboxylic acids is 2. The topological polar surface area (TPSA) is 126 Å². The SMILES string of the molecule is O=C(NCc1ccc(F)c(F)c1)c1cc(C(=O)NCC23CCC(C(=O)O)(CC2)CC3)n2ncc(F)c2n1. The molecule has 3 saturated carbocycles. The van der Waals surface area contributed by atoms with Crippen LogP contribution in [-0.2, 0) is 11.3 Å². The molecule has 12 heteroatoms. The number of carboxylic acids is 1. The summed E-state index contributed by atoms with van der Waals surface area (Å²) < 4.78 is 41.9. The maximum atomic E-state index is 14.3. The highest BCUT2D eigenvalue weighted by Crippen LogP contribution is 2.56. The lowest BCUT2D eigenvalue weighted by Crippen LogP contribution is -2.50. The molecule has 0 radical (unpaired) electrons. The van der Waals surface area contributed by atoms with Crippen molar-refractivity contribution >= 4 is 23.4 Å². The summed E-state index contributed by atoms with van der Waals surface area (Å²) in [7, 11) is 0. The zero-order chi connectivity index (χ0) is 26.4. The van der Waals surface area contributed by atoms with Gasteiger partial charge in [-0.1, -0.05) is 6.07 Å². The lowest BCUT2D eigenvalue weighted by atomic mass is 9.53. The molecule has 3 N–H and O–H groups in total. The standard InChI is InChI=1S/C25H24F3N5O4/c26-15-2-1-14(9-16(15)27)11-29-21(34)18-10-19(33-20(32-18)17(28)12-31-33)22(35)30-13-24-3-6-25(7-4-24,8-5-24)23(36)37/h1-2,9-10,12H,3-8,11,13H2,(H,29,34)(H,30,35)(H,36,37). The van der Waals surface area contributed by atoms with Gasteiger partial charge in [-0.05, 0) is 61.6 Å². The van der Waals surface area contributed by atoms with E-state index in [0.29, 0.717) is 50.6 Å². The third kappa shape index (κ3) is 4.51. The van der Waals surface area contributed by atoms with Crippen LogP contribution >= 0.6 is 0 Å². The number of carboxylic acid groups (broad SMARTS) is 1. The molecular formula is C25H24F3N5O4. The molecule has 0 unspecified atom stereocenters. The minimum Gasteiger partial charge on any atom is -0.481 e. The number of rotatable bonds is 7. The first-order valence-corrected chi connectivity index (χ1v) is 11.9. The van der Waals surface area contributed by atoms with Crippen LogP contribution in [-0.4, -0.2) is 44.0 Å². The largest absolute Gasteiger partial charge is 0.481 e. The van der Waals surface area contributed by atoms with Gasteiger partial charge in [-0.15, -0.1) is 0 Å². The number of fused-ring (bicyclic) bond motifs is 4. The fourth-order valence-electron chi connectivity index (χ4n) is 5.34. The van der Waals surface area contributed by atoms with Crippen LogP contribution in [0.3, 0.4) is 0 Å². The van der Waals surface area contributed by atoms with Gasteiger partial charge in [-0.2, -0.15) is 5.10 Å². The Labute approximate surface area is 209 Å². The van der Waals surface area contributed by atoms with E-state index in [1.807, 2.05) is 0 Å². The predicted octanol–water partition coefficient (Wildman–Crippen LogP) is 3.23. The summed E-state index contributed by atoms with van der Waals surface area (Å²) in [6.45, 7) is 0.166. The summed E-state index contributed by atoms with van der Waals surface area (Å²) in [6, 6.07) is 4.37. The minimum atomic E-state index is -1.06. The minimum absolute atomic E-state index is 0.102. The highest BCUT2D eigenvalue weighted by molar-refractivity contribution is 5.98. The third-order valence-electron chi connectivity index (χ3n) is 7.81. The fourth-order valence-corrected chi connectivity index (χ4v) is 5.34. The second-order valence-corrected chi connectivity index (χ2v) is 9.95. The molecule has 37 heavy (non-hydrogen) atoms. The summed E-state index contributed by atoms with van der Waals surface area (Å²) >= 11 is 0. The summed E-state index contributed by atoms with van der Waals surface area (Å²) in [5, 5.41) is 18.8. The van der Waals surface area contributed by atoms with Crippen LogP contribution in [0.4, 0.5) is 13.2 Å². The molecule has 3 aliphatic rings. The van der Waals surface area contributed by atoms with Crippen molar-refractivity contribution in [3.63, 3.8) is 0 Å². The normalized spacial score (nSPS) is 22.7. The monoisotopic (exact) mass is 515 g/mol. The number of benzene rings is 1. The quantitative estimate of drug-likeness (QED) is 0.444. The van der Waals surface area contributed by atoms with Crippen LogP contribution in [0.1, 0.15) is 65.1 Å². The van der Waals surface area contributed by atoms with Crippen LogP contribution in [0.5, 0.6) is 0 Å². The molecule has 3 aromatic rings. The summed E-state index contributed by atoms with van der Waals surface area (Å²) in [6.07, 6.45) is 4.60. The first-order chi connectivity index (χ1) is 17.6. The lowest BCUT2D eigenvalue weighted by Gasteiger charge is -2.51. The molecule has 2 aromatic heterocycles. The first-order valence-electron chi connectivity index (χ1n) is 11.9. The van der Waals surface area contributed by atoms with E-state index in [-0.39, 0.29) is 29.0 Å². The predicted molar refractivity (Wildman–Crippen MR) is 123 cm³/mol. The number of hydrogen-bond donors (Lipinski definition) is 3. The van der Waals surface area contributed by atoms with Gasteiger partial charge in [0.1, 0.15) is 11.4 Å². The Hall–Kier alpha value is -3.96. The smallest absolute Gasteiger partial charge is 0.309 e. The maximum absolute atomic E-state index is 14.3. The molecule has 0 atom stereocenters. The van der Waals surface area contributed by atoms with E-state index in [1.165, 1.54) is 12.1 Å². The Morgan fingerprint density at radius 1 is 0.919 bits per heavy atom. The lowest BCUT2D eigenvalue weighted by molar-refractivity contribution is -0.158. The highest BCUT2D eigenvalue weighted by Gasteiger charge is 2.52. The van der Waals surface area contributed by atoms with Crippen LogP contribution in [0, 0.1) is 28.3 Å². The summed E-state index contributed by atoms with van der Waals surface area (Å²) in [5.74, 6) is -5.00. The number of nitrogens with one attached hydrogen (secondary N) is 2. The summed E-state index contributed by atoms with van der Waals surface area (Å²) in [5.41, 5.74) is -1.25. The van der Waals surface area contributed by atoms with Crippen molar-refractivity contribution in [2.24, 2.45) is 10.8 Å². The van der Waals surface area contributed by atoms with Crippen LogP contribution in [0.2, 0.25) is 0 Å². The number of amides is 2. The van der Waals surface area contributed by atoms with E-state index in [9.17, 15) is 32.7 Å². The van der Waals surface area contributed by atoms with Crippen molar-refractivity contribution in [2.75, 3.05) is 6.54 Å². The molecule has 2 bridgehead atoms. The number of hydrogen-bond acceptors (Lipinski definition) is 5. The van der Waals surface area contributed by atoms with Gasteiger partial charge in [0.2, 0.25) is 0 Å². The van der Waals surface area contributed by atoms with Gasteiger partial charge in [0.15, 0.2) is 23.1 Å². The second kappa shape index (κ2) is 9.16. The van der Waals surface area contributed by atoms with Gasteiger partial charge in [-0.25, -0.2) is 22.7 Å². The number of halogens is 3. The molecule has 0 aliphatic heterocycles. The molecule has 9 nitrogen and oxygen atoms in total. The van der Waals surface area contributed by atoms with Crippen molar-refractivity contribution in [3.8, 4) is 0 Å². The van der Waals surface area contributed by atoms with Gasteiger partial charge in [0, 0.05) is 19.2 Å². The van der Waals surface area contributed by atoms with Gasteiger partial charge >= 0.3 is 5.97 Å². The molecule has 6 rings (SSSR count). The molecule has 3 fully saturated rings. The highest BCUT2D eigenvalue weighted by atomic mass is 19.2. The molecule has 2 amide bonds. The van der Waals surface area contributed by atoms with Crippen LogP contribution < -0.4 is 10.6 Å². The van der Waals surface area contributed by atoms with Gasteiger partial charge in [-0.3, -0.25) is 14.4 Å². The van der Waals surface area contributed by atoms with E-state index < -0.39 is 40.7 Å². The third-order valence-corrected chi connectivity index (χ3v) is 7.81.